The van der Waals surface area contributed by atoms with Crippen LogP contribution in [0.3, 0.4) is 0 Å². The number of nitriles is 1. The molecule has 0 heterocycles. The summed E-state index contributed by atoms with van der Waals surface area (Å²) in [6, 6.07) is 2.26. The molecule has 0 amide bonds. The highest BCUT2D eigenvalue weighted by Crippen LogP contribution is 2.74. The van der Waals surface area contributed by atoms with Gasteiger partial charge in [-0.1, -0.05) is 66.2 Å². The normalized spacial score (nSPS) is 48.6. The Balaban J connectivity index is 1.65. The van der Waals surface area contributed by atoms with Crippen molar-refractivity contribution in [1.82, 2.24) is 0 Å². The molecule has 0 saturated heterocycles. The fourth-order valence-electron chi connectivity index (χ4n) is 10.1. The van der Waals surface area contributed by atoms with Crippen LogP contribution in [0.1, 0.15) is 99.8 Å². The smallest absolute Gasteiger partial charge is 0.178 e. The number of allylic oxidation sites excluding steroid dienone is 4. The molecule has 0 aliphatic heterocycles. The van der Waals surface area contributed by atoms with E-state index in [2.05, 4.69) is 66.7 Å². The summed E-state index contributed by atoms with van der Waals surface area (Å²) in [5, 5.41) is 9.85. The molecule has 0 unspecified atom stereocenters. The SMILES string of the molecule is CC1(C)CC[C@]2(C=O)CC[C@]3(C)C(=CC[C@@H]4[C@@]5(C)C=C(C#N)C(=O)C(C)(C)[C@@H]5CC[C@]43C)[C@@H]2C1. The highest BCUT2D eigenvalue weighted by Gasteiger charge is 2.68. The van der Waals surface area contributed by atoms with Crippen LogP contribution in [0.25, 0.3) is 0 Å². The third kappa shape index (κ3) is 2.75. The number of Topliss-reactive ketones (excluding diaryl/α,β-unsaturated/α-hetero) is 1. The predicted octanol–water partition coefficient (Wildman–Crippen LogP) is 7.23. The van der Waals surface area contributed by atoms with Crippen LogP contribution in [0.5, 0.6) is 0 Å². The van der Waals surface area contributed by atoms with Crippen molar-refractivity contribution in [2.45, 2.75) is 99.8 Å². The maximum atomic E-state index is 13.2. The molecular formula is C31H43NO2. The summed E-state index contributed by atoms with van der Waals surface area (Å²) in [4.78, 5) is 25.7. The van der Waals surface area contributed by atoms with E-state index in [1.807, 2.05) is 0 Å². The average Bonchev–Trinajstić information content (AvgIpc) is 2.76. The van der Waals surface area contributed by atoms with Gasteiger partial charge in [-0.05, 0) is 90.8 Å². The van der Waals surface area contributed by atoms with Crippen LogP contribution in [-0.4, -0.2) is 12.1 Å². The minimum absolute atomic E-state index is 0.0252. The van der Waals surface area contributed by atoms with Crippen molar-refractivity contribution < 1.29 is 9.59 Å². The lowest BCUT2D eigenvalue weighted by molar-refractivity contribution is -0.161. The van der Waals surface area contributed by atoms with Gasteiger partial charge in [-0.3, -0.25) is 4.79 Å². The standard InChI is InChI=1S/C31H43NO2/c1-26(2)12-14-31(19-33)15-13-29(6)21(22(31)17-26)8-9-24-28(5)16-20(18-32)25(34)27(3,4)23(28)10-11-30(24,29)7/h8,16,19,22-24H,9-15,17H2,1-7H3/t22-,23-,24+,28-,29+,30+,31+/m0/s1. The maximum absolute atomic E-state index is 13.2. The molecule has 3 nitrogen and oxygen atoms in total. The molecule has 0 radical (unpaired) electrons. The molecule has 0 bridgehead atoms. The number of hydrogen-bond acceptors (Lipinski definition) is 3. The summed E-state index contributed by atoms with van der Waals surface area (Å²) in [5.74, 6) is 1.03. The molecule has 0 spiro atoms. The lowest BCUT2D eigenvalue weighted by Crippen LogP contribution is -2.63. The summed E-state index contributed by atoms with van der Waals surface area (Å²) in [5.41, 5.74) is 1.49. The van der Waals surface area contributed by atoms with Crippen molar-refractivity contribution in [1.29, 1.82) is 5.26 Å². The van der Waals surface area contributed by atoms with Crippen molar-refractivity contribution in [3.8, 4) is 6.07 Å². The van der Waals surface area contributed by atoms with Gasteiger partial charge in [-0.15, -0.1) is 0 Å². The van der Waals surface area contributed by atoms with E-state index in [1.54, 1.807) is 5.57 Å². The van der Waals surface area contributed by atoms with E-state index in [1.165, 1.54) is 6.29 Å². The first kappa shape index (κ1) is 24.0. The summed E-state index contributed by atoms with van der Waals surface area (Å²) < 4.78 is 0. The van der Waals surface area contributed by atoms with Crippen molar-refractivity contribution in [3.05, 3.63) is 23.3 Å². The van der Waals surface area contributed by atoms with E-state index in [0.29, 0.717) is 17.4 Å². The van der Waals surface area contributed by atoms with Crippen LogP contribution in [-0.2, 0) is 9.59 Å². The lowest BCUT2D eigenvalue weighted by Gasteiger charge is -2.69. The second kappa shape index (κ2) is 6.96. The van der Waals surface area contributed by atoms with E-state index in [4.69, 9.17) is 0 Å². The van der Waals surface area contributed by atoms with Gasteiger partial charge in [0.1, 0.15) is 12.4 Å². The van der Waals surface area contributed by atoms with Crippen molar-refractivity contribution >= 4 is 12.1 Å². The quantitative estimate of drug-likeness (QED) is 0.306. The Morgan fingerprint density at radius 2 is 1.65 bits per heavy atom. The predicted molar refractivity (Wildman–Crippen MR) is 135 cm³/mol. The van der Waals surface area contributed by atoms with Gasteiger partial charge in [0.25, 0.3) is 0 Å². The van der Waals surface area contributed by atoms with E-state index in [0.717, 1.165) is 51.4 Å². The Kier molecular flexibility index (Phi) is 4.91. The first-order chi connectivity index (χ1) is 15.7. The molecule has 7 atom stereocenters. The minimum Gasteiger partial charge on any atom is -0.303 e. The fraction of sp³-hybridized carbons (Fsp3) is 0.774. The van der Waals surface area contributed by atoms with Crippen LogP contribution in [0.15, 0.2) is 23.3 Å². The first-order valence-corrected chi connectivity index (χ1v) is 13.6. The van der Waals surface area contributed by atoms with Gasteiger partial charge in [0.05, 0.1) is 5.57 Å². The maximum Gasteiger partial charge on any atom is 0.178 e. The molecule has 0 aromatic rings. The number of carbonyl (C=O) groups excluding carboxylic acids is 2. The van der Waals surface area contributed by atoms with Crippen LogP contribution >= 0.6 is 0 Å². The number of fused-ring (bicyclic) bond motifs is 7. The molecular weight excluding hydrogens is 418 g/mol. The van der Waals surface area contributed by atoms with Gasteiger partial charge >= 0.3 is 0 Å². The Hall–Kier alpha value is -1.69. The van der Waals surface area contributed by atoms with Crippen molar-refractivity contribution in [2.24, 2.45) is 50.2 Å². The summed E-state index contributed by atoms with van der Waals surface area (Å²) in [7, 11) is 0. The van der Waals surface area contributed by atoms with Crippen LogP contribution < -0.4 is 0 Å². The van der Waals surface area contributed by atoms with Gasteiger partial charge < -0.3 is 4.79 Å². The fourth-order valence-corrected chi connectivity index (χ4v) is 10.1. The highest BCUT2D eigenvalue weighted by molar-refractivity contribution is 6.04. The second-order valence-corrected chi connectivity index (χ2v) is 14.6. The van der Waals surface area contributed by atoms with Crippen molar-refractivity contribution in [2.75, 3.05) is 0 Å². The third-order valence-electron chi connectivity index (χ3n) is 12.4. The van der Waals surface area contributed by atoms with Crippen molar-refractivity contribution in [3.63, 3.8) is 0 Å². The van der Waals surface area contributed by atoms with E-state index >= 15 is 0 Å². The number of hydrogen-bond donors (Lipinski definition) is 0. The van der Waals surface area contributed by atoms with E-state index < -0.39 is 5.41 Å². The van der Waals surface area contributed by atoms with E-state index in [9.17, 15) is 14.9 Å². The molecule has 3 saturated carbocycles. The van der Waals surface area contributed by atoms with Gasteiger partial charge in [-0.2, -0.15) is 5.26 Å². The first-order valence-electron chi connectivity index (χ1n) is 13.6. The van der Waals surface area contributed by atoms with Gasteiger partial charge in [0, 0.05) is 10.8 Å². The Morgan fingerprint density at radius 3 is 2.29 bits per heavy atom. The van der Waals surface area contributed by atoms with E-state index in [-0.39, 0.29) is 38.8 Å². The van der Waals surface area contributed by atoms with Gasteiger partial charge in [-0.25, -0.2) is 0 Å². The minimum atomic E-state index is -0.507. The zero-order valence-electron chi connectivity index (χ0n) is 22.4. The molecule has 184 valence electrons. The molecule has 5 aliphatic carbocycles. The molecule has 0 N–H and O–H groups in total. The molecule has 5 aliphatic rings. The molecule has 0 aromatic heterocycles. The molecule has 34 heavy (non-hydrogen) atoms. The van der Waals surface area contributed by atoms with Crippen LogP contribution in [0.2, 0.25) is 0 Å². The largest absolute Gasteiger partial charge is 0.303 e. The monoisotopic (exact) mass is 461 g/mol. The Labute approximate surface area is 206 Å². The highest BCUT2D eigenvalue weighted by atomic mass is 16.1. The molecule has 3 heteroatoms. The summed E-state index contributed by atoms with van der Waals surface area (Å²) in [6.45, 7) is 16.2. The zero-order valence-corrected chi connectivity index (χ0v) is 22.4. The lowest BCUT2D eigenvalue weighted by atomic mass is 9.34. The number of nitrogens with zero attached hydrogens (tertiary/aromatic N) is 1. The summed E-state index contributed by atoms with van der Waals surface area (Å²) >= 11 is 0. The van der Waals surface area contributed by atoms with Crippen LogP contribution in [0, 0.1) is 61.6 Å². The second-order valence-electron chi connectivity index (χ2n) is 14.6. The zero-order chi connectivity index (χ0) is 24.9. The molecule has 0 aromatic carbocycles. The third-order valence-corrected chi connectivity index (χ3v) is 12.4. The number of aldehydes is 1. The number of rotatable bonds is 1. The van der Waals surface area contributed by atoms with Crippen LogP contribution in [0.4, 0.5) is 0 Å². The van der Waals surface area contributed by atoms with Gasteiger partial charge in [0.15, 0.2) is 5.78 Å². The van der Waals surface area contributed by atoms with Gasteiger partial charge in [0.2, 0.25) is 0 Å². The number of ketones is 1. The summed E-state index contributed by atoms with van der Waals surface area (Å²) in [6.07, 6.45) is 14.4. The molecule has 3 fully saturated rings. The Morgan fingerprint density at radius 1 is 0.971 bits per heavy atom. The Bertz CT molecular complexity index is 1060. The topological polar surface area (TPSA) is 57.9 Å². The molecule has 5 rings (SSSR count). The average molecular weight is 462 g/mol. The number of carbonyl (C=O) groups is 2.